The van der Waals surface area contributed by atoms with Gasteiger partial charge in [0.05, 0.1) is 17.0 Å². The van der Waals surface area contributed by atoms with E-state index in [2.05, 4.69) is 16.4 Å². The zero-order valence-electron chi connectivity index (χ0n) is 15.1. The third-order valence-electron chi connectivity index (χ3n) is 5.42. The molecule has 2 aliphatic rings. The number of aliphatic hydroxyl groups is 1. The number of sulfone groups is 1. The first kappa shape index (κ1) is 18.2. The highest BCUT2D eigenvalue weighted by atomic mass is 32.2. The van der Waals surface area contributed by atoms with E-state index in [1.807, 2.05) is 23.1 Å². The molecular formula is C18H27N3O3S. The van der Waals surface area contributed by atoms with Gasteiger partial charge in [0.1, 0.15) is 5.60 Å². The Bertz CT molecular complexity index is 789. The number of nitrogens with zero attached hydrogens (tertiary/aromatic N) is 2. The Morgan fingerprint density at radius 1 is 1.36 bits per heavy atom. The van der Waals surface area contributed by atoms with Crippen LogP contribution in [0.2, 0.25) is 0 Å². The molecule has 7 heteroatoms. The summed E-state index contributed by atoms with van der Waals surface area (Å²) in [5.74, 6) is 0.758. The van der Waals surface area contributed by atoms with Crippen LogP contribution < -0.4 is 5.32 Å². The van der Waals surface area contributed by atoms with Crippen LogP contribution >= 0.6 is 0 Å². The summed E-state index contributed by atoms with van der Waals surface area (Å²) in [5.41, 5.74) is 1.25. The number of hydrogen-bond donors (Lipinski definition) is 2. The Morgan fingerprint density at radius 3 is 2.76 bits per heavy atom. The topological polar surface area (TPSA) is 82.0 Å². The van der Waals surface area contributed by atoms with E-state index in [1.54, 1.807) is 20.9 Å². The average molecular weight is 365 g/mol. The molecular weight excluding hydrogens is 338 g/mol. The molecule has 1 heterocycles. The summed E-state index contributed by atoms with van der Waals surface area (Å²) < 4.78 is 23.6. The number of benzene rings is 1. The second-order valence-corrected chi connectivity index (χ2v) is 10.3. The lowest BCUT2D eigenvalue weighted by Gasteiger charge is -2.39. The van der Waals surface area contributed by atoms with Crippen LogP contribution in [-0.2, 0) is 21.9 Å². The van der Waals surface area contributed by atoms with Crippen LogP contribution in [0.25, 0.3) is 0 Å². The summed E-state index contributed by atoms with van der Waals surface area (Å²) in [6, 6.07) is 7.97. The number of aryl methyl sites for hydroxylation is 1. The van der Waals surface area contributed by atoms with E-state index in [-0.39, 0.29) is 5.75 Å². The SMILES string of the molecule is CN=C(NCC1(O)CCc2ccccc21)N1CCS(=O)(=O)C(C)(C)C1. The highest BCUT2D eigenvalue weighted by Gasteiger charge is 2.42. The van der Waals surface area contributed by atoms with E-state index in [9.17, 15) is 13.5 Å². The van der Waals surface area contributed by atoms with Gasteiger partial charge in [0.2, 0.25) is 0 Å². The van der Waals surface area contributed by atoms with Crippen molar-refractivity contribution in [3.63, 3.8) is 0 Å². The van der Waals surface area contributed by atoms with Crippen molar-refractivity contribution >= 4 is 15.8 Å². The van der Waals surface area contributed by atoms with Crippen molar-refractivity contribution in [3.8, 4) is 0 Å². The number of rotatable bonds is 2. The molecule has 1 aromatic rings. The van der Waals surface area contributed by atoms with Crippen LogP contribution in [0.4, 0.5) is 0 Å². The van der Waals surface area contributed by atoms with Crippen molar-refractivity contribution < 1.29 is 13.5 Å². The van der Waals surface area contributed by atoms with Crippen molar-refractivity contribution in [2.45, 2.75) is 37.0 Å². The Kier molecular flexibility index (Phi) is 4.58. The van der Waals surface area contributed by atoms with Crippen molar-refractivity contribution in [2.75, 3.05) is 32.4 Å². The maximum Gasteiger partial charge on any atom is 0.193 e. The van der Waals surface area contributed by atoms with E-state index in [0.717, 1.165) is 12.0 Å². The van der Waals surface area contributed by atoms with Gasteiger partial charge in [-0.1, -0.05) is 24.3 Å². The molecule has 0 spiro atoms. The normalized spacial score (nSPS) is 27.8. The van der Waals surface area contributed by atoms with Crippen LogP contribution in [0.3, 0.4) is 0 Å². The predicted molar refractivity (Wildman–Crippen MR) is 99.5 cm³/mol. The first-order valence-electron chi connectivity index (χ1n) is 8.67. The first-order valence-corrected chi connectivity index (χ1v) is 10.3. The molecule has 1 aliphatic carbocycles. The first-order chi connectivity index (χ1) is 11.7. The summed E-state index contributed by atoms with van der Waals surface area (Å²) in [6.07, 6.45) is 1.54. The fourth-order valence-corrected chi connectivity index (χ4v) is 5.10. The Hall–Kier alpha value is -1.60. The molecule has 3 rings (SSSR count). The Balaban J connectivity index is 1.71. The second-order valence-electron chi connectivity index (χ2n) is 7.59. The molecule has 1 unspecified atom stereocenters. The smallest absolute Gasteiger partial charge is 0.193 e. The fraction of sp³-hybridized carbons (Fsp3) is 0.611. The van der Waals surface area contributed by atoms with Crippen LogP contribution in [0.15, 0.2) is 29.3 Å². The summed E-state index contributed by atoms with van der Waals surface area (Å²) >= 11 is 0. The highest BCUT2D eigenvalue weighted by molar-refractivity contribution is 7.92. The number of fused-ring (bicyclic) bond motifs is 1. The van der Waals surface area contributed by atoms with Crippen LogP contribution in [0.1, 0.15) is 31.4 Å². The maximum absolute atomic E-state index is 12.2. The molecule has 6 nitrogen and oxygen atoms in total. The highest BCUT2D eigenvalue weighted by Crippen LogP contribution is 2.36. The molecule has 1 saturated heterocycles. The fourth-order valence-electron chi connectivity index (χ4n) is 3.73. The minimum atomic E-state index is -3.09. The summed E-state index contributed by atoms with van der Waals surface area (Å²) in [4.78, 5) is 6.26. The molecule has 0 saturated carbocycles. The monoisotopic (exact) mass is 365 g/mol. The van der Waals surface area contributed by atoms with Gasteiger partial charge < -0.3 is 15.3 Å². The van der Waals surface area contributed by atoms with Crippen molar-refractivity contribution in [1.82, 2.24) is 10.2 Å². The second kappa shape index (κ2) is 6.29. The van der Waals surface area contributed by atoms with Gasteiger partial charge in [-0.05, 0) is 37.8 Å². The maximum atomic E-state index is 12.2. The van der Waals surface area contributed by atoms with Gasteiger partial charge in [0.25, 0.3) is 0 Å². The summed E-state index contributed by atoms with van der Waals surface area (Å²) in [7, 11) is -1.41. The molecule has 1 fully saturated rings. The molecule has 0 bridgehead atoms. The zero-order valence-corrected chi connectivity index (χ0v) is 15.9. The van der Waals surface area contributed by atoms with E-state index in [0.29, 0.717) is 32.0 Å². The van der Waals surface area contributed by atoms with Gasteiger partial charge in [0, 0.05) is 20.1 Å². The molecule has 0 radical (unpaired) electrons. The molecule has 0 aromatic heterocycles. The lowest BCUT2D eigenvalue weighted by Crippen LogP contribution is -2.58. The largest absolute Gasteiger partial charge is 0.383 e. The summed E-state index contributed by atoms with van der Waals surface area (Å²) in [5, 5.41) is 14.3. The standard InChI is InChI=1S/C18H27N3O3S/c1-17(2)13-21(10-11-25(17,23)24)16(19-3)20-12-18(22)9-8-14-6-4-5-7-15(14)18/h4-7,22H,8-13H2,1-3H3,(H,19,20). The van der Waals surface area contributed by atoms with Crippen LogP contribution in [0.5, 0.6) is 0 Å². The number of aliphatic imine (C=N–C) groups is 1. The van der Waals surface area contributed by atoms with Gasteiger partial charge >= 0.3 is 0 Å². The lowest BCUT2D eigenvalue weighted by atomic mass is 9.96. The van der Waals surface area contributed by atoms with Crippen LogP contribution in [0, 0.1) is 0 Å². The minimum Gasteiger partial charge on any atom is -0.383 e. The number of hydrogen-bond acceptors (Lipinski definition) is 4. The average Bonchev–Trinajstić information content (AvgIpc) is 2.89. The number of nitrogens with one attached hydrogen (secondary N) is 1. The lowest BCUT2D eigenvalue weighted by molar-refractivity contribution is 0.0425. The van der Waals surface area contributed by atoms with Gasteiger partial charge in [-0.25, -0.2) is 8.42 Å². The summed E-state index contributed by atoms with van der Waals surface area (Å²) in [6.45, 7) is 4.68. The Labute approximate surface area is 149 Å². The molecule has 1 aliphatic heterocycles. The van der Waals surface area contributed by atoms with Crippen LogP contribution in [-0.4, -0.2) is 61.6 Å². The molecule has 2 N–H and O–H groups in total. The molecule has 138 valence electrons. The molecule has 1 aromatic carbocycles. The van der Waals surface area contributed by atoms with Crippen molar-refractivity contribution in [1.29, 1.82) is 0 Å². The molecule has 0 amide bonds. The van der Waals surface area contributed by atoms with Gasteiger partial charge in [-0.3, -0.25) is 4.99 Å². The third-order valence-corrected chi connectivity index (χ3v) is 7.95. The van der Waals surface area contributed by atoms with Gasteiger partial charge in [-0.2, -0.15) is 0 Å². The van der Waals surface area contributed by atoms with E-state index in [4.69, 9.17) is 0 Å². The van der Waals surface area contributed by atoms with Crippen molar-refractivity contribution in [2.24, 2.45) is 4.99 Å². The third kappa shape index (κ3) is 3.27. The van der Waals surface area contributed by atoms with Crippen molar-refractivity contribution in [3.05, 3.63) is 35.4 Å². The van der Waals surface area contributed by atoms with E-state index >= 15 is 0 Å². The quantitative estimate of drug-likeness (QED) is 0.601. The Morgan fingerprint density at radius 2 is 2.08 bits per heavy atom. The van der Waals surface area contributed by atoms with E-state index in [1.165, 1.54) is 5.56 Å². The molecule has 25 heavy (non-hydrogen) atoms. The van der Waals surface area contributed by atoms with Gasteiger partial charge in [-0.15, -0.1) is 0 Å². The van der Waals surface area contributed by atoms with E-state index < -0.39 is 20.2 Å². The molecule has 1 atom stereocenters. The minimum absolute atomic E-state index is 0.119. The number of guanidine groups is 1. The zero-order chi connectivity index (χ0) is 18.3. The predicted octanol–water partition coefficient (Wildman–Crippen LogP) is 0.905. The van der Waals surface area contributed by atoms with Gasteiger partial charge in [0.15, 0.2) is 15.8 Å².